The number of rotatable bonds is 8. The van der Waals surface area contributed by atoms with Crippen molar-refractivity contribution in [2.24, 2.45) is 5.41 Å². The Morgan fingerprint density at radius 1 is 1.17 bits per heavy atom. The number of para-hydroxylation sites is 2. The second-order valence-corrected chi connectivity index (χ2v) is 6.03. The van der Waals surface area contributed by atoms with Crippen molar-refractivity contribution >= 4 is 17.5 Å². The van der Waals surface area contributed by atoms with Gasteiger partial charge in [0.25, 0.3) is 0 Å². The fourth-order valence-electron chi connectivity index (χ4n) is 2.81. The van der Waals surface area contributed by atoms with E-state index in [0.717, 1.165) is 12.8 Å². The van der Waals surface area contributed by atoms with Crippen LogP contribution in [0.2, 0.25) is 0 Å². The van der Waals surface area contributed by atoms with Crippen molar-refractivity contribution in [3.63, 3.8) is 0 Å². The maximum atomic E-state index is 12.8. The Kier molecular flexibility index (Phi) is 5.64. The van der Waals surface area contributed by atoms with Crippen LogP contribution in [0.25, 0.3) is 0 Å². The summed E-state index contributed by atoms with van der Waals surface area (Å²) in [5.41, 5.74) is -0.276. The summed E-state index contributed by atoms with van der Waals surface area (Å²) < 4.78 is 5.25. The van der Waals surface area contributed by atoms with Gasteiger partial charge in [-0.25, -0.2) is 0 Å². The highest BCUT2D eigenvalue weighted by Gasteiger charge is 2.57. The predicted octanol–water partition coefficient (Wildman–Crippen LogP) is 3.06. The van der Waals surface area contributed by atoms with Gasteiger partial charge in [-0.15, -0.1) is 0 Å². The van der Waals surface area contributed by atoms with Gasteiger partial charge in [0.2, 0.25) is 11.8 Å². The summed E-state index contributed by atoms with van der Waals surface area (Å²) in [5, 5.41) is 2.87. The first-order chi connectivity index (χ1) is 11.1. The average molecular weight is 318 g/mol. The Balaban J connectivity index is 2.12. The minimum Gasteiger partial charge on any atom is -0.495 e. The van der Waals surface area contributed by atoms with E-state index in [-0.39, 0.29) is 11.8 Å². The SMILES string of the molecule is CCCN(CCC)C(=O)C1(C(=O)Nc2ccccc2OC)CC1. The molecule has 0 spiro atoms. The molecule has 5 heteroatoms. The number of hydrogen-bond donors (Lipinski definition) is 1. The fraction of sp³-hybridized carbons (Fsp3) is 0.556. The van der Waals surface area contributed by atoms with E-state index in [4.69, 9.17) is 4.74 Å². The second-order valence-electron chi connectivity index (χ2n) is 6.03. The van der Waals surface area contributed by atoms with Crippen LogP contribution in [0.1, 0.15) is 39.5 Å². The van der Waals surface area contributed by atoms with Gasteiger partial charge in [0.15, 0.2) is 0 Å². The van der Waals surface area contributed by atoms with Crippen molar-refractivity contribution in [3.05, 3.63) is 24.3 Å². The summed E-state index contributed by atoms with van der Waals surface area (Å²) in [6, 6.07) is 7.25. The predicted molar refractivity (Wildman–Crippen MR) is 90.5 cm³/mol. The smallest absolute Gasteiger partial charge is 0.240 e. The van der Waals surface area contributed by atoms with E-state index in [1.54, 1.807) is 19.2 Å². The lowest BCUT2D eigenvalue weighted by Gasteiger charge is -2.26. The minimum atomic E-state index is -0.884. The van der Waals surface area contributed by atoms with Gasteiger partial charge in [-0.1, -0.05) is 26.0 Å². The van der Waals surface area contributed by atoms with Gasteiger partial charge in [0.05, 0.1) is 12.8 Å². The standard InChI is InChI=1S/C18H26N2O3/c1-4-12-20(13-5-2)17(22)18(10-11-18)16(21)19-14-8-6-7-9-15(14)23-3/h6-9H,4-5,10-13H2,1-3H3,(H,19,21). The molecule has 0 radical (unpaired) electrons. The molecule has 1 aromatic rings. The van der Waals surface area contributed by atoms with Gasteiger partial charge in [0, 0.05) is 13.1 Å². The molecule has 0 aromatic heterocycles. The van der Waals surface area contributed by atoms with Gasteiger partial charge < -0.3 is 15.0 Å². The van der Waals surface area contributed by atoms with Crippen LogP contribution in [0.4, 0.5) is 5.69 Å². The lowest BCUT2D eigenvalue weighted by molar-refractivity contribution is -0.142. The number of nitrogens with zero attached hydrogens (tertiary/aromatic N) is 1. The number of methoxy groups -OCH3 is 1. The molecule has 1 aromatic carbocycles. The number of hydrogen-bond acceptors (Lipinski definition) is 3. The Hall–Kier alpha value is -2.04. The van der Waals surface area contributed by atoms with E-state index >= 15 is 0 Å². The molecule has 1 saturated carbocycles. The molecule has 0 bridgehead atoms. The first-order valence-corrected chi connectivity index (χ1v) is 8.33. The third-order valence-corrected chi connectivity index (χ3v) is 4.22. The van der Waals surface area contributed by atoms with Crippen LogP contribution in [-0.4, -0.2) is 36.9 Å². The summed E-state index contributed by atoms with van der Waals surface area (Å²) in [4.78, 5) is 27.4. The van der Waals surface area contributed by atoms with Gasteiger partial charge in [-0.2, -0.15) is 0 Å². The highest BCUT2D eigenvalue weighted by molar-refractivity contribution is 6.13. The highest BCUT2D eigenvalue weighted by atomic mass is 16.5. The summed E-state index contributed by atoms with van der Waals surface area (Å²) in [7, 11) is 1.56. The molecule has 126 valence electrons. The number of carbonyl (C=O) groups is 2. The maximum Gasteiger partial charge on any atom is 0.240 e. The zero-order chi connectivity index (χ0) is 16.9. The molecule has 1 N–H and O–H groups in total. The van der Waals surface area contributed by atoms with Crippen molar-refractivity contribution < 1.29 is 14.3 Å². The normalized spacial score (nSPS) is 14.9. The molecule has 0 unspecified atom stereocenters. The maximum absolute atomic E-state index is 12.8. The molecule has 2 amide bonds. The molecule has 1 fully saturated rings. The Morgan fingerprint density at radius 2 is 1.78 bits per heavy atom. The lowest BCUT2D eigenvalue weighted by atomic mass is 10.0. The van der Waals surface area contributed by atoms with Crippen LogP contribution in [0.3, 0.4) is 0 Å². The van der Waals surface area contributed by atoms with Gasteiger partial charge in [0.1, 0.15) is 11.2 Å². The van der Waals surface area contributed by atoms with E-state index < -0.39 is 5.41 Å². The van der Waals surface area contributed by atoms with Crippen LogP contribution >= 0.6 is 0 Å². The summed E-state index contributed by atoms with van der Waals surface area (Å²) >= 11 is 0. The Morgan fingerprint density at radius 3 is 2.30 bits per heavy atom. The third-order valence-electron chi connectivity index (χ3n) is 4.22. The number of amides is 2. The number of carbonyl (C=O) groups excluding carboxylic acids is 2. The van der Waals surface area contributed by atoms with Crippen molar-refractivity contribution in [1.29, 1.82) is 0 Å². The molecule has 0 aliphatic heterocycles. The quantitative estimate of drug-likeness (QED) is 0.749. The van der Waals surface area contributed by atoms with E-state index in [9.17, 15) is 9.59 Å². The van der Waals surface area contributed by atoms with E-state index in [0.29, 0.717) is 37.4 Å². The first-order valence-electron chi connectivity index (χ1n) is 8.33. The van der Waals surface area contributed by atoms with Gasteiger partial charge in [-0.3, -0.25) is 9.59 Å². The zero-order valence-corrected chi connectivity index (χ0v) is 14.2. The third kappa shape index (κ3) is 3.66. The average Bonchev–Trinajstić information content (AvgIpc) is 3.36. The monoisotopic (exact) mass is 318 g/mol. The highest BCUT2D eigenvalue weighted by Crippen LogP contribution is 2.48. The van der Waals surface area contributed by atoms with E-state index in [1.807, 2.05) is 30.9 Å². The van der Waals surface area contributed by atoms with Gasteiger partial charge >= 0.3 is 0 Å². The van der Waals surface area contributed by atoms with Crippen molar-refractivity contribution in [3.8, 4) is 5.75 Å². The summed E-state index contributed by atoms with van der Waals surface area (Å²) in [5.74, 6) is 0.348. The summed E-state index contributed by atoms with van der Waals surface area (Å²) in [6.45, 7) is 5.50. The number of ether oxygens (including phenoxy) is 1. The second kappa shape index (κ2) is 7.49. The zero-order valence-electron chi connectivity index (χ0n) is 14.2. The Bertz CT molecular complexity index is 561. The molecule has 2 rings (SSSR count). The van der Waals surface area contributed by atoms with Crippen molar-refractivity contribution in [1.82, 2.24) is 4.90 Å². The molecule has 23 heavy (non-hydrogen) atoms. The van der Waals surface area contributed by atoms with Crippen molar-refractivity contribution in [2.75, 3.05) is 25.5 Å². The molecule has 0 atom stereocenters. The van der Waals surface area contributed by atoms with Crippen LogP contribution in [0.15, 0.2) is 24.3 Å². The first kappa shape index (κ1) is 17.3. The van der Waals surface area contributed by atoms with Crippen LogP contribution in [0.5, 0.6) is 5.75 Å². The Labute approximate surface area is 138 Å². The fourth-order valence-corrected chi connectivity index (χ4v) is 2.81. The van der Waals surface area contributed by atoms with Crippen LogP contribution in [-0.2, 0) is 9.59 Å². The lowest BCUT2D eigenvalue weighted by Crippen LogP contribution is -2.43. The molecule has 0 saturated heterocycles. The molecule has 1 aliphatic carbocycles. The van der Waals surface area contributed by atoms with Crippen LogP contribution < -0.4 is 10.1 Å². The van der Waals surface area contributed by atoms with Crippen LogP contribution in [0, 0.1) is 5.41 Å². The molecule has 5 nitrogen and oxygen atoms in total. The molecular formula is C18H26N2O3. The van der Waals surface area contributed by atoms with Gasteiger partial charge in [-0.05, 0) is 37.8 Å². The van der Waals surface area contributed by atoms with E-state index in [2.05, 4.69) is 5.32 Å². The van der Waals surface area contributed by atoms with Crippen molar-refractivity contribution in [2.45, 2.75) is 39.5 Å². The topological polar surface area (TPSA) is 58.6 Å². The number of benzene rings is 1. The number of anilines is 1. The molecule has 0 heterocycles. The summed E-state index contributed by atoms with van der Waals surface area (Å²) in [6.07, 6.45) is 3.04. The minimum absolute atomic E-state index is 0.0337. The number of nitrogens with one attached hydrogen (secondary N) is 1. The largest absolute Gasteiger partial charge is 0.495 e. The molecular weight excluding hydrogens is 292 g/mol. The molecule has 1 aliphatic rings. The van der Waals surface area contributed by atoms with E-state index in [1.165, 1.54) is 0 Å².